The predicted molar refractivity (Wildman–Crippen MR) is 230 cm³/mol. The quantitative estimate of drug-likeness (QED) is 0.147. The van der Waals surface area contributed by atoms with Crippen LogP contribution in [0.3, 0.4) is 0 Å². The van der Waals surface area contributed by atoms with Crippen LogP contribution in [0.25, 0.3) is 10.1 Å². The van der Waals surface area contributed by atoms with Crippen molar-refractivity contribution in [2.24, 2.45) is 0 Å². The van der Waals surface area contributed by atoms with E-state index in [1.165, 1.54) is 127 Å². The van der Waals surface area contributed by atoms with E-state index in [4.69, 9.17) is 9.47 Å². The van der Waals surface area contributed by atoms with Gasteiger partial charge in [0.05, 0.1) is 16.1 Å². The molecule has 268 valence electrons. The average Bonchev–Trinajstić information content (AvgIpc) is 3.75. The van der Waals surface area contributed by atoms with Crippen molar-refractivity contribution in [1.29, 1.82) is 0 Å². The van der Waals surface area contributed by atoms with Crippen molar-refractivity contribution < 1.29 is 9.47 Å². The minimum Gasteiger partial charge on any atom is -0.458 e. The molecule has 4 atom stereocenters. The van der Waals surface area contributed by atoms with Gasteiger partial charge in [-0.3, -0.25) is 0 Å². The van der Waals surface area contributed by atoms with Crippen LogP contribution in [0.5, 0.6) is 23.0 Å². The molecule has 4 nitrogen and oxygen atoms in total. The van der Waals surface area contributed by atoms with Gasteiger partial charge in [-0.15, -0.1) is 11.3 Å². The summed E-state index contributed by atoms with van der Waals surface area (Å²) >= 11 is 2.00. The standard InChI is InChI=1S/C48H42B2N2O2S/c1-45-21-9-11-23-47(45,3)51-33-15-7-6-14-30(33)49-31-25-32-37(26-36(31)53-34-19-17-28(45)42(51)40(34)49)54-35-20-18-29-43-41(35)50(32)39-27-13-5-8-16-38(27)55-44(39)52(43)48(4)24-12-10-22-46(29,48)2/h5-8,13-20,25-26H,9-12,21-24H2,1-4H3. The van der Waals surface area contributed by atoms with Gasteiger partial charge in [0.2, 0.25) is 0 Å². The monoisotopic (exact) mass is 732 g/mol. The lowest BCUT2D eigenvalue weighted by atomic mass is 9.31. The Morgan fingerprint density at radius 3 is 1.85 bits per heavy atom. The van der Waals surface area contributed by atoms with E-state index in [1.807, 2.05) is 11.3 Å². The number of thiophene rings is 1. The molecule has 14 rings (SSSR count). The number of hydrogen-bond donors (Lipinski definition) is 0. The van der Waals surface area contributed by atoms with Gasteiger partial charge in [-0.25, -0.2) is 0 Å². The number of ether oxygens (including phenoxy) is 2. The topological polar surface area (TPSA) is 24.9 Å². The third-order valence-electron chi connectivity index (χ3n) is 16.9. The molecule has 0 N–H and O–H groups in total. The summed E-state index contributed by atoms with van der Waals surface area (Å²) in [6.45, 7) is 10.4. The van der Waals surface area contributed by atoms with Crippen LogP contribution in [0.15, 0.2) is 84.9 Å². The Labute approximate surface area is 327 Å². The number of anilines is 4. The van der Waals surface area contributed by atoms with Gasteiger partial charge in [-0.1, -0.05) is 94.1 Å². The molecule has 0 bridgehead atoms. The number of hydrogen-bond acceptors (Lipinski definition) is 5. The smallest absolute Gasteiger partial charge is 0.258 e. The average molecular weight is 733 g/mol. The van der Waals surface area contributed by atoms with Crippen molar-refractivity contribution in [3.05, 3.63) is 96.1 Å². The van der Waals surface area contributed by atoms with Gasteiger partial charge in [0.15, 0.2) is 0 Å². The zero-order chi connectivity index (χ0) is 36.4. The van der Waals surface area contributed by atoms with Crippen molar-refractivity contribution >= 4 is 89.7 Å². The molecule has 5 aromatic carbocycles. The Balaban J connectivity index is 1.05. The maximum atomic E-state index is 7.13. The highest BCUT2D eigenvalue weighted by Gasteiger charge is 2.64. The highest BCUT2D eigenvalue weighted by Crippen LogP contribution is 2.64. The van der Waals surface area contributed by atoms with Gasteiger partial charge < -0.3 is 19.3 Å². The summed E-state index contributed by atoms with van der Waals surface area (Å²) < 4.78 is 15.6. The summed E-state index contributed by atoms with van der Waals surface area (Å²) in [5.74, 6) is 3.86. The molecule has 7 heteroatoms. The molecule has 1 aromatic heterocycles. The van der Waals surface area contributed by atoms with Crippen LogP contribution < -0.4 is 52.1 Å². The Bertz CT molecular complexity index is 2810. The molecular formula is C48H42B2N2O2S. The molecule has 0 radical (unpaired) electrons. The fraction of sp³-hybridized carbons (Fsp3) is 0.333. The molecular weight excluding hydrogens is 690 g/mol. The summed E-state index contributed by atoms with van der Waals surface area (Å²) in [5.41, 5.74) is 15.6. The normalized spacial score (nSPS) is 28.9. The third-order valence-corrected chi connectivity index (χ3v) is 18.1. The number of nitrogens with zero attached hydrogens (tertiary/aromatic N) is 2. The predicted octanol–water partition coefficient (Wildman–Crippen LogP) is 8.26. The Morgan fingerprint density at radius 2 is 1.13 bits per heavy atom. The highest BCUT2D eigenvalue weighted by molar-refractivity contribution is 7.26. The molecule has 7 heterocycles. The van der Waals surface area contributed by atoms with Crippen LogP contribution in [-0.4, -0.2) is 24.5 Å². The first-order chi connectivity index (χ1) is 26.8. The first kappa shape index (κ1) is 30.6. The van der Waals surface area contributed by atoms with Crippen LogP contribution in [0.4, 0.5) is 22.1 Å². The third kappa shape index (κ3) is 3.16. The zero-order valence-electron chi connectivity index (χ0n) is 32.0. The first-order valence-electron chi connectivity index (χ1n) is 20.8. The van der Waals surface area contributed by atoms with E-state index in [1.54, 1.807) is 0 Å². The van der Waals surface area contributed by atoms with Gasteiger partial charge in [-0.05, 0) is 113 Å². The van der Waals surface area contributed by atoms with E-state index in [0.717, 1.165) is 23.0 Å². The molecule has 6 aliphatic heterocycles. The summed E-state index contributed by atoms with van der Waals surface area (Å²) in [6.07, 6.45) is 9.97. The molecule has 55 heavy (non-hydrogen) atoms. The van der Waals surface area contributed by atoms with E-state index >= 15 is 0 Å². The van der Waals surface area contributed by atoms with E-state index in [0.29, 0.717) is 0 Å². The van der Waals surface area contributed by atoms with Gasteiger partial charge in [0.25, 0.3) is 13.4 Å². The molecule has 2 saturated carbocycles. The summed E-state index contributed by atoms with van der Waals surface area (Å²) in [5, 5.41) is 2.83. The molecule has 2 fully saturated rings. The van der Waals surface area contributed by atoms with Crippen molar-refractivity contribution in [3.63, 3.8) is 0 Å². The van der Waals surface area contributed by atoms with Crippen LogP contribution in [0, 0.1) is 0 Å². The SMILES string of the molecule is CC12CCCCC1(C)N1c3ccccc3B3c4cc5c(cc4Oc4ccc2c1c43)Oc1ccc2c3c1B5c1c(sc4ccccc14)N3C1(C)CCCCC21C. The van der Waals surface area contributed by atoms with Crippen molar-refractivity contribution in [2.75, 3.05) is 9.80 Å². The lowest BCUT2D eigenvalue weighted by Gasteiger charge is -2.52. The number of fused-ring (bicyclic) bond motifs is 18. The second kappa shape index (κ2) is 9.49. The number of benzene rings is 5. The summed E-state index contributed by atoms with van der Waals surface area (Å²) in [4.78, 5) is 5.58. The molecule has 6 aromatic rings. The molecule has 0 saturated heterocycles. The molecule has 2 aliphatic carbocycles. The maximum absolute atomic E-state index is 7.13. The van der Waals surface area contributed by atoms with E-state index in [2.05, 4.69) is 122 Å². The second-order valence-corrected chi connectivity index (χ2v) is 19.9. The first-order valence-corrected chi connectivity index (χ1v) is 21.7. The Hall–Kier alpha value is -4.61. The van der Waals surface area contributed by atoms with Crippen LogP contribution in [0.1, 0.15) is 90.2 Å². The minimum atomic E-state index is 0.0134. The van der Waals surface area contributed by atoms with Gasteiger partial charge in [0, 0.05) is 38.7 Å². The fourth-order valence-corrected chi connectivity index (χ4v) is 15.2. The van der Waals surface area contributed by atoms with Crippen molar-refractivity contribution in [2.45, 2.75) is 101 Å². The number of rotatable bonds is 0. The zero-order valence-corrected chi connectivity index (χ0v) is 32.8. The molecule has 4 unspecified atom stereocenters. The maximum Gasteiger partial charge on any atom is 0.258 e. The summed E-state index contributed by atoms with van der Waals surface area (Å²) in [7, 11) is 0. The van der Waals surface area contributed by atoms with Gasteiger partial charge in [0.1, 0.15) is 23.0 Å². The lowest BCUT2D eigenvalue weighted by Crippen LogP contribution is -2.65. The number of para-hydroxylation sites is 1. The molecule has 0 amide bonds. The highest BCUT2D eigenvalue weighted by atomic mass is 32.1. The minimum absolute atomic E-state index is 0.0134. The summed E-state index contributed by atoms with van der Waals surface area (Å²) in [6, 6.07) is 32.7. The Kier molecular flexibility index (Phi) is 5.28. The van der Waals surface area contributed by atoms with Crippen LogP contribution in [-0.2, 0) is 10.8 Å². The molecule has 8 aliphatic rings. The van der Waals surface area contributed by atoms with Gasteiger partial charge in [-0.2, -0.15) is 0 Å². The van der Waals surface area contributed by atoms with E-state index in [9.17, 15) is 0 Å². The van der Waals surface area contributed by atoms with E-state index in [-0.39, 0.29) is 35.3 Å². The van der Waals surface area contributed by atoms with Crippen molar-refractivity contribution in [1.82, 2.24) is 0 Å². The largest absolute Gasteiger partial charge is 0.458 e. The molecule has 0 spiro atoms. The second-order valence-electron chi connectivity index (χ2n) is 18.9. The van der Waals surface area contributed by atoms with Crippen LogP contribution in [0.2, 0.25) is 0 Å². The van der Waals surface area contributed by atoms with Crippen LogP contribution >= 0.6 is 11.3 Å². The fourth-order valence-electron chi connectivity index (χ4n) is 13.9. The lowest BCUT2D eigenvalue weighted by molar-refractivity contribution is 0.195. The van der Waals surface area contributed by atoms with Gasteiger partial charge >= 0.3 is 0 Å². The van der Waals surface area contributed by atoms with E-state index < -0.39 is 0 Å². The van der Waals surface area contributed by atoms with Crippen molar-refractivity contribution in [3.8, 4) is 23.0 Å². The Morgan fingerprint density at radius 1 is 0.545 bits per heavy atom.